The standard InChI is InChI=1S/C20H21N3O/c1-2-12-24-17-10-8-16(9-11-17)19-14-22-20(21)18(23-19)13-15-6-4-3-5-7-15/h3-11,14H,2,12-13H2,1H3,(H2,21,22). The van der Waals surface area contributed by atoms with E-state index in [1.165, 1.54) is 5.56 Å². The van der Waals surface area contributed by atoms with E-state index in [-0.39, 0.29) is 0 Å². The summed E-state index contributed by atoms with van der Waals surface area (Å²) < 4.78 is 5.61. The first-order valence-corrected chi connectivity index (χ1v) is 8.15. The Hall–Kier alpha value is -2.88. The molecule has 2 aromatic carbocycles. The van der Waals surface area contributed by atoms with Crippen molar-refractivity contribution < 1.29 is 4.74 Å². The third-order valence-electron chi connectivity index (χ3n) is 3.71. The van der Waals surface area contributed by atoms with Gasteiger partial charge in [-0.05, 0) is 36.2 Å². The zero-order valence-corrected chi connectivity index (χ0v) is 13.8. The molecule has 0 radical (unpaired) electrons. The van der Waals surface area contributed by atoms with Crippen LogP contribution in [0.1, 0.15) is 24.6 Å². The van der Waals surface area contributed by atoms with E-state index in [0.717, 1.165) is 35.7 Å². The van der Waals surface area contributed by atoms with Gasteiger partial charge in [-0.15, -0.1) is 0 Å². The summed E-state index contributed by atoms with van der Waals surface area (Å²) in [5.41, 5.74) is 9.78. The predicted octanol–water partition coefficient (Wildman–Crippen LogP) is 4.11. The van der Waals surface area contributed by atoms with E-state index in [1.807, 2.05) is 42.5 Å². The molecule has 0 bridgehead atoms. The fourth-order valence-electron chi connectivity index (χ4n) is 2.44. The average molecular weight is 319 g/mol. The van der Waals surface area contributed by atoms with E-state index < -0.39 is 0 Å². The molecule has 0 atom stereocenters. The van der Waals surface area contributed by atoms with Crippen LogP contribution in [0.15, 0.2) is 60.8 Å². The lowest BCUT2D eigenvalue weighted by molar-refractivity contribution is 0.317. The first-order chi connectivity index (χ1) is 11.8. The van der Waals surface area contributed by atoms with Crippen molar-refractivity contribution in [2.24, 2.45) is 0 Å². The molecule has 1 heterocycles. The van der Waals surface area contributed by atoms with Crippen molar-refractivity contribution in [2.75, 3.05) is 12.3 Å². The van der Waals surface area contributed by atoms with Gasteiger partial charge in [0, 0.05) is 12.0 Å². The largest absolute Gasteiger partial charge is 0.494 e. The molecule has 0 unspecified atom stereocenters. The summed E-state index contributed by atoms with van der Waals surface area (Å²) in [5.74, 6) is 1.35. The zero-order chi connectivity index (χ0) is 16.8. The second-order valence-electron chi connectivity index (χ2n) is 5.62. The molecule has 4 nitrogen and oxygen atoms in total. The first-order valence-electron chi connectivity index (χ1n) is 8.15. The third kappa shape index (κ3) is 3.90. The molecule has 0 spiro atoms. The summed E-state index contributed by atoms with van der Waals surface area (Å²) in [5, 5.41) is 0. The van der Waals surface area contributed by atoms with Gasteiger partial charge in [-0.3, -0.25) is 0 Å². The summed E-state index contributed by atoms with van der Waals surface area (Å²) >= 11 is 0. The van der Waals surface area contributed by atoms with Gasteiger partial charge in [0.1, 0.15) is 11.6 Å². The molecule has 1 aromatic heterocycles. The minimum Gasteiger partial charge on any atom is -0.494 e. The molecule has 0 amide bonds. The van der Waals surface area contributed by atoms with E-state index in [1.54, 1.807) is 6.20 Å². The minimum atomic E-state index is 0.477. The molecule has 24 heavy (non-hydrogen) atoms. The molecule has 0 saturated carbocycles. The van der Waals surface area contributed by atoms with Crippen LogP contribution >= 0.6 is 0 Å². The van der Waals surface area contributed by atoms with Crippen LogP contribution in [-0.4, -0.2) is 16.6 Å². The van der Waals surface area contributed by atoms with Crippen molar-refractivity contribution in [2.45, 2.75) is 19.8 Å². The number of benzene rings is 2. The molecule has 3 rings (SSSR count). The van der Waals surface area contributed by atoms with E-state index in [0.29, 0.717) is 12.2 Å². The van der Waals surface area contributed by atoms with Gasteiger partial charge in [0.2, 0.25) is 0 Å². The maximum atomic E-state index is 6.00. The Kier molecular flexibility index (Phi) is 5.06. The number of anilines is 1. The van der Waals surface area contributed by atoms with E-state index in [2.05, 4.69) is 24.0 Å². The highest BCUT2D eigenvalue weighted by Crippen LogP contribution is 2.22. The van der Waals surface area contributed by atoms with Crippen LogP contribution in [0.4, 0.5) is 5.82 Å². The number of nitrogens with two attached hydrogens (primary N) is 1. The molecule has 0 aliphatic heterocycles. The minimum absolute atomic E-state index is 0.477. The molecule has 122 valence electrons. The molecular weight excluding hydrogens is 298 g/mol. The van der Waals surface area contributed by atoms with Gasteiger partial charge >= 0.3 is 0 Å². The van der Waals surface area contributed by atoms with Crippen LogP contribution in [-0.2, 0) is 6.42 Å². The number of aromatic nitrogens is 2. The Morgan fingerprint density at radius 2 is 1.75 bits per heavy atom. The number of hydrogen-bond donors (Lipinski definition) is 1. The fraction of sp³-hybridized carbons (Fsp3) is 0.200. The van der Waals surface area contributed by atoms with Gasteiger partial charge in [-0.1, -0.05) is 37.3 Å². The highest BCUT2D eigenvalue weighted by molar-refractivity contribution is 5.60. The van der Waals surface area contributed by atoms with Crippen molar-refractivity contribution in [3.05, 3.63) is 72.1 Å². The van der Waals surface area contributed by atoms with Crippen molar-refractivity contribution in [1.82, 2.24) is 9.97 Å². The van der Waals surface area contributed by atoms with Gasteiger partial charge in [-0.2, -0.15) is 0 Å². The Balaban J connectivity index is 1.82. The van der Waals surface area contributed by atoms with E-state index >= 15 is 0 Å². The van der Waals surface area contributed by atoms with Gasteiger partial charge in [0.15, 0.2) is 0 Å². The normalized spacial score (nSPS) is 10.5. The van der Waals surface area contributed by atoms with Crippen LogP contribution in [0, 0.1) is 0 Å². The Labute approximate surface area is 142 Å². The Morgan fingerprint density at radius 3 is 2.46 bits per heavy atom. The fourth-order valence-corrected chi connectivity index (χ4v) is 2.44. The maximum Gasteiger partial charge on any atom is 0.145 e. The van der Waals surface area contributed by atoms with Gasteiger partial charge in [0.05, 0.1) is 24.2 Å². The van der Waals surface area contributed by atoms with Crippen molar-refractivity contribution in [3.63, 3.8) is 0 Å². The Morgan fingerprint density at radius 1 is 1.00 bits per heavy atom. The summed E-state index contributed by atoms with van der Waals surface area (Å²) in [6.45, 7) is 2.81. The molecule has 0 aliphatic rings. The third-order valence-corrected chi connectivity index (χ3v) is 3.71. The quantitative estimate of drug-likeness (QED) is 0.743. The summed E-state index contributed by atoms with van der Waals surface area (Å²) in [4.78, 5) is 9.01. The number of rotatable bonds is 6. The first kappa shape index (κ1) is 16.0. The average Bonchev–Trinajstić information content (AvgIpc) is 2.63. The molecule has 3 aromatic rings. The van der Waals surface area contributed by atoms with Crippen LogP contribution in [0.2, 0.25) is 0 Å². The molecule has 0 aliphatic carbocycles. The smallest absolute Gasteiger partial charge is 0.145 e. The number of ether oxygens (including phenoxy) is 1. The summed E-state index contributed by atoms with van der Waals surface area (Å²) in [6, 6.07) is 18.1. The van der Waals surface area contributed by atoms with Gasteiger partial charge in [-0.25, -0.2) is 9.97 Å². The molecule has 2 N–H and O–H groups in total. The number of hydrogen-bond acceptors (Lipinski definition) is 4. The summed E-state index contributed by atoms with van der Waals surface area (Å²) in [7, 11) is 0. The lowest BCUT2D eigenvalue weighted by Crippen LogP contribution is -2.03. The lowest BCUT2D eigenvalue weighted by atomic mass is 10.1. The Bertz CT molecular complexity index is 786. The number of nitrogens with zero attached hydrogens (tertiary/aromatic N) is 2. The molecule has 4 heteroatoms. The second-order valence-corrected chi connectivity index (χ2v) is 5.62. The van der Waals surface area contributed by atoms with Crippen molar-refractivity contribution >= 4 is 5.82 Å². The number of nitrogen functional groups attached to an aromatic ring is 1. The molecule has 0 saturated heterocycles. The van der Waals surface area contributed by atoms with Crippen molar-refractivity contribution in [3.8, 4) is 17.0 Å². The molecule has 0 fully saturated rings. The lowest BCUT2D eigenvalue weighted by Gasteiger charge is -2.09. The van der Waals surface area contributed by atoms with Crippen LogP contribution in [0.5, 0.6) is 5.75 Å². The highest BCUT2D eigenvalue weighted by Gasteiger charge is 2.08. The SMILES string of the molecule is CCCOc1ccc(-c2cnc(N)c(Cc3ccccc3)n2)cc1. The molecular formula is C20H21N3O. The van der Waals surface area contributed by atoms with Gasteiger partial charge in [0.25, 0.3) is 0 Å². The van der Waals surface area contributed by atoms with E-state index in [4.69, 9.17) is 15.5 Å². The van der Waals surface area contributed by atoms with Crippen LogP contribution in [0.25, 0.3) is 11.3 Å². The van der Waals surface area contributed by atoms with Crippen LogP contribution in [0.3, 0.4) is 0 Å². The highest BCUT2D eigenvalue weighted by atomic mass is 16.5. The zero-order valence-electron chi connectivity index (χ0n) is 13.8. The monoisotopic (exact) mass is 319 g/mol. The van der Waals surface area contributed by atoms with Crippen LogP contribution < -0.4 is 10.5 Å². The van der Waals surface area contributed by atoms with E-state index in [9.17, 15) is 0 Å². The topological polar surface area (TPSA) is 61.0 Å². The van der Waals surface area contributed by atoms with Gasteiger partial charge < -0.3 is 10.5 Å². The second kappa shape index (κ2) is 7.59. The van der Waals surface area contributed by atoms with Crippen molar-refractivity contribution in [1.29, 1.82) is 0 Å². The maximum absolute atomic E-state index is 6.00. The predicted molar refractivity (Wildman–Crippen MR) is 96.9 cm³/mol. The summed E-state index contributed by atoms with van der Waals surface area (Å²) in [6.07, 6.45) is 3.38.